The molecule has 0 atom stereocenters. The number of hydrogen-bond acceptors (Lipinski definition) is 4. The highest BCUT2D eigenvalue weighted by Gasteiger charge is 2.03. The smallest absolute Gasteiger partial charge is 0.191 e. The van der Waals surface area contributed by atoms with Crippen molar-refractivity contribution in [3.63, 3.8) is 0 Å². The van der Waals surface area contributed by atoms with Crippen LogP contribution in [0.25, 0.3) is 0 Å². The highest BCUT2D eigenvalue weighted by molar-refractivity contribution is 14.0. The van der Waals surface area contributed by atoms with Gasteiger partial charge in [0, 0.05) is 20.1 Å². The van der Waals surface area contributed by atoms with Gasteiger partial charge in [0.15, 0.2) is 5.96 Å². The van der Waals surface area contributed by atoms with Crippen LogP contribution in [0.2, 0.25) is 0 Å². The molecule has 1 aromatic carbocycles. The van der Waals surface area contributed by atoms with Crippen molar-refractivity contribution in [2.24, 2.45) is 12.0 Å². The lowest BCUT2D eigenvalue weighted by molar-refractivity contribution is 0.345. The van der Waals surface area contributed by atoms with E-state index in [-0.39, 0.29) is 24.0 Å². The van der Waals surface area contributed by atoms with E-state index >= 15 is 0 Å². The van der Waals surface area contributed by atoms with Gasteiger partial charge in [0.2, 0.25) is 0 Å². The molecule has 0 radical (unpaired) electrons. The van der Waals surface area contributed by atoms with Gasteiger partial charge in [-0.05, 0) is 31.6 Å². The highest BCUT2D eigenvalue weighted by atomic mass is 127. The Labute approximate surface area is 173 Å². The minimum atomic E-state index is 0. The lowest BCUT2D eigenvalue weighted by atomic mass is 10.1. The zero-order valence-electron chi connectivity index (χ0n) is 16.1. The molecular formula is C18H30IN7. The quantitative estimate of drug-likeness (QED) is 0.351. The van der Waals surface area contributed by atoms with Crippen LogP contribution in [0, 0.1) is 0 Å². The van der Waals surface area contributed by atoms with E-state index in [1.807, 2.05) is 7.05 Å². The first-order chi connectivity index (χ1) is 12.1. The monoisotopic (exact) mass is 471 g/mol. The molecule has 7 nitrogen and oxygen atoms in total. The zero-order valence-corrected chi connectivity index (χ0v) is 18.4. The number of nitrogens with zero attached hydrogens (tertiary/aromatic N) is 5. The largest absolute Gasteiger partial charge is 0.357 e. The molecule has 1 heterocycles. The first kappa shape index (κ1) is 22.4. The molecular weight excluding hydrogens is 441 g/mol. The average Bonchev–Trinajstić information content (AvgIpc) is 3.02. The number of halogens is 1. The van der Waals surface area contributed by atoms with E-state index in [0.717, 1.165) is 31.4 Å². The third kappa shape index (κ3) is 7.28. The van der Waals surface area contributed by atoms with Gasteiger partial charge >= 0.3 is 0 Å². The normalized spacial score (nSPS) is 11.3. The van der Waals surface area contributed by atoms with Gasteiger partial charge in [0.25, 0.3) is 0 Å². The second-order valence-electron chi connectivity index (χ2n) is 6.00. The average molecular weight is 471 g/mol. The standard InChI is InChI=1S/C18H29N7.HI/c1-5-19-18(21-12-17-22-14-23-25(17)4)20-11-15-8-7-9-16(10-15)13-24(3)6-2;/h7-10,14H,5-6,11-13H2,1-4H3,(H2,19,20,21);1H. The summed E-state index contributed by atoms with van der Waals surface area (Å²) in [7, 11) is 4.01. The van der Waals surface area contributed by atoms with Crippen LogP contribution in [0.1, 0.15) is 30.8 Å². The van der Waals surface area contributed by atoms with E-state index in [4.69, 9.17) is 0 Å². The number of aromatic nitrogens is 3. The number of hydrogen-bond donors (Lipinski definition) is 2. The molecule has 144 valence electrons. The van der Waals surface area contributed by atoms with Gasteiger partial charge in [-0.25, -0.2) is 9.98 Å². The van der Waals surface area contributed by atoms with Gasteiger partial charge in [0.1, 0.15) is 12.2 Å². The molecule has 0 aliphatic carbocycles. The van der Waals surface area contributed by atoms with E-state index in [1.54, 1.807) is 11.0 Å². The Balaban J connectivity index is 0.00000338. The Morgan fingerprint density at radius 1 is 1.23 bits per heavy atom. The summed E-state index contributed by atoms with van der Waals surface area (Å²) < 4.78 is 1.75. The third-order valence-electron chi connectivity index (χ3n) is 3.97. The van der Waals surface area contributed by atoms with Crippen LogP contribution in [-0.4, -0.2) is 45.8 Å². The first-order valence-electron chi connectivity index (χ1n) is 8.73. The predicted molar refractivity (Wildman–Crippen MR) is 117 cm³/mol. The second-order valence-corrected chi connectivity index (χ2v) is 6.00. The topological polar surface area (TPSA) is 70.4 Å². The maximum atomic E-state index is 4.68. The van der Waals surface area contributed by atoms with E-state index in [0.29, 0.717) is 13.1 Å². The van der Waals surface area contributed by atoms with Crippen molar-refractivity contribution in [2.75, 3.05) is 20.1 Å². The number of rotatable bonds is 8. The molecule has 0 fully saturated rings. The summed E-state index contributed by atoms with van der Waals surface area (Å²) in [6, 6.07) is 8.60. The molecule has 1 aromatic heterocycles. The van der Waals surface area contributed by atoms with Crippen LogP contribution in [0.15, 0.2) is 35.6 Å². The van der Waals surface area contributed by atoms with Crippen LogP contribution < -0.4 is 10.6 Å². The van der Waals surface area contributed by atoms with Crippen molar-refractivity contribution in [3.05, 3.63) is 47.5 Å². The maximum Gasteiger partial charge on any atom is 0.191 e. The van der Waals surface area contributed by atoms with Gasteiger partial charge in [-0.1, -0.05) is 31.2 Å². The van der Waals surface area contributed by atoms with Crippen molar-refractivity contribution in [2.45, 2.75) is 33.5 Å². The van der Waals surface area contributed by atoms with Gasteiger partial charge in [0.05, 0.1) is 13.1 Å². The molecule has 0 amide bonds. The van der Waals surface area contributed by atoms with E-state index in [2.05, 4.69) is 75.8 Å². The minimum Gasteiger partial charge on any atom is -0.357 e. The molecule has 2 rings (SSSR count). The number of aryl methyl sites for hydroxylation is 1. The van der Waals surface area contributed by atoms with Gasteiger partial charge in [-0.15, -0.1) is 24.0 Å². The Bertz CT molecular complexity index is 684. The number of guanidine groups is 1. The summed E-state index contributed by atoms with van der Waals surface area (Å²) in [6.45, 7) is 8.26. The second kappa shape index (κ2) is 11.8. The predicted octanol–water partition coefficient (Wildman–Crippen LogP) is 2.14. The summed E-state index contributed by atoms with van der Waals surface area (Å²) >= 11 is 0. The van der Waals surface area contributed by atoms with Crippen LogP contribution in [0.3, 0.4) is 0 Å². The first-order valence-corrected chi connectivity index (χ1v) is 8.73. The molecule has 2 N–H and O–H groups in total. The van der Waals surface area contributed by atoms with Crippen LogP contribution >= 0.6 is 24.0 Å². The highest BCUT2D eigenvalue weighted by Crippen LogP contribution is 2.08. The van der Waals surface area contributed by atoms with Crippen molar-refractivity contribution in [1.82, 2.24) is 30.3 Å². The number of nitrogens with one attached hydrogen (secondary N) is 2. The molecule has 2 aromatic rings. The SMILES string of the molecule is CCNC(=NCc1cccc(CN(C)CC)c1)NCc1ncnn1C.I. The Kier molecular flexibility index (Phi) is 10.2. The molecule has 0 unspecified atom stereocenters. The Morgan fingerprint density at radius 3 is 2.65 bits per heavy atom. The van der Waals surface area contributed by atoms with Gasteiger partial charge in [-0.2, -0.15) is 5.10 Å². The molecule has 0 spiro atoms. The molecule has 8 heteroatoms. The number of benzene rings is 1. The number of aliphatic imine (C=N–C) groups is 1. The van der Waals surface area contributed by atoms with Gasteiger partial charge in [-0.3, -0.25) is 4.68 Å². The van der Waals surface area contributed by atoms with Crippen LogP contribution in [-0.2, 0) is 26.7 Å². The summed E-state index contributed by atoms with van der Waals surface area (Å²) in [5.74, 6) is 1.65. The van der Waals surface area contributed by atoms with E-state index in [9.17, 15) is 0 Å². The molecule has 0 saturated heterocycles. The van der Waals surface area contributed by atoms with Gasteiger partial charge < -0.3 is 15.5 Å². The summed E-state index contributed by atoms with van der Waals surface area (Å²) in [4.78, 5) is 11.2. The molecule has 0 aliphatic rings. The fourth-order valence-corrected chi connectivity index (χ4v) is 2.40. The Morgan fingerprint density at radius 2 is 2.00 bits per heavy atom. The third-order valence-corrected chi connectivity index (χ3v) is 3.97. The van der Waals surface area contributed by atoms with Crippen LogP contribution in [0.5, 0.6) is 0 Å². The van der Waals surface area contributed by atoms with E-state index < -0.39 is 0 Å². The molecule has 0 bridgehead atoms. The zero-order chi connectivity index (χ0) is 18.1. The van der Waals surface area contributed by atoms with Crippen LogP contribution in [0.4, 0.5) is 0 Å². The van der Waals surface area contributed by atoms with Crippen molar-refractivity contribution < 1.29 is 0 Å². The van der Waals surface area contributed by atoms with E-state index in [1.165, 1.54) is 11.1 Å². The summed E-state index contributed by atoms with van der Waals surface area (Å²) in [5, 5.41) is 10.6. The fraction of sp³-hybridized carbons (Fsp3) is 0.500. The lowest BCUT2D eigenvalue weighted by Crippen LogP contribution is -2.37. The van der Waals surface area contributed by atoms with Crippen molar-refractivity contribution in [3.8, 4) is 0 Å². The van der Waals surface area contributed by atoms with Crippen molar-refractivity contribution in [1.29, 1.82) is 0 Å². The fourth-order valence-electron chi connectivity index (χ4n) is 2.40. The van der Waals surface area contributed by atoms with Crippen molar-refractivity contribution >= 4 is 29.9 Å². The summed E-state index contributed by atoms with van der Waals surface area (Å²) in [6.07, 6.45) is 1.56. The maximum absolute atomic E-state index is 4.68. The molecule has 26 heavy (non-hydrogen) atoms. The summed E-state index contributed by atoms with van der Waals surface area (Å²) in [5.41, 5.74) is 2.52. The molecule has 0 aliphatic heterocycles. The Hall–Kier alpha value is -1.68. The molecule has 0 saturated carbocycles. The lowest BCUT2D eigenvalue weighted by Gasteiger charge is -2.14. The minimum absolute atomic E-state index is 0.